The van der Waals surface area contributed by atoms with E-state index in [1.165, 1.54) is 0 Å². The fourth-order valence-corrected chi connectivity index (χ4v) is 3.09. The summed E-state index contributed by atoms with van der Waals surface area (Å²) in [5, 5.41) is 3.12. The summed E-state index contributed by atoms with van der Waals surface area (Å²) in [6.45, 7) is 0.733. The van der Waals surface area contributed by atoms with E-state index in [2.05, 4.69) is 15.2 Å². The van der Waals surface area contributed by atoms with E-state index in [1.54, 1.807) is 13.3 Å². The van der Waals surface area contributed by atoms with Crippen LogP contribution >= 0.6 is 0 Å². The van der Waals surface area contributed by atoms with Crippen molar-refractivity contribution in [3.8, 4) is 17.1 Å². The van der Waals surface area contributed by atoms with E-state index in [0.29, 0.717) is 24.5 Å². The zero-order chi connectivity index (χ0) is 20.6. The lowest BCUT2D eigenvalue weighted by Crippen LogP contribution is -2.35. The van der Waals surface area contributed by atoms with Crippen molar-refractivity contribution in [2.24, 2.45) is 0 Å². The van der Waals surface area contributed by atoms with Crippen molar-refractivity contribution in [3.63, 3.8) is 0 Å². The van der Waals surface area contributed by atoms with Crippen molar-refractivity contribution in [2.75, 3.05) is 27.7 Å². The number of amides is 1. The number of benzene rings is 2. The first-order valence-electron chi connectivity index (χ1n) is 9.63. The summed E-state index contributed by atoms with van der Waals surface area (Å²) in [5.41, 5.74) is 2.01. The minimum Gasteiger partial charge on any atom is -0.497 e. The summed E-state index contributed by atoms with van der Waals surface area (Å²) in [6, 6.07) is 17.5. The average molecular weight is 393 g/mol. The van der Waals surface area contributed by atoms with E-state index in [0.717, 1.165) is 23.4 Å². The second-order valence-corrected chi connectivity index (χ2v) is 7.14. The molecule has 0 saturated heterocycles. The molecule has 1 atom stereocenters. The molecule has 0 aliphatic carbocycles. The first kappa shape index (κ1) is 20.6. The predicted octanol–water partition coefficient (Wildman–Crippen LogP) is 3.70. The van der Waals surface area contributed by atoms with Crippen LogP contribution in [0.5, 0.6) is 5.75 Å². The van der Waals surface area contributed by atoms with Crippen molar-refractivity contribution in [1.29, 1.82) is 0 Å². The molecule has 0 bridgehead atoms. The fraction of sp³-hybridized carbons (Fsp3) is 0.304. The molecule has 2 aromatic carbocycles. The number of carbonyl (C=O) groups excluding carboxylic acids is 1. The quantitative estimate of drug-likeness (QED) is 0.600. The lowest BCUT2D eigenvalue weighted by Gasteiger charge is -2.22. The van der Waals surface area contributed by atoms with E-state index < -0.39 is 0 Å². The van der Waals surface area contributed by atoms with E-state index in [9.17, 15) is 4.79 Å². The number of methoxy groups -OCH3 is 1. The van der Waals surface area contributed by atoms with Crippen LogP contribution in [-0.4, -0.2) is 43.5 Å². The van der Waals surface area contributed by atoms with Gasteiger partial charge in [0.1, 0.15) is 5.75 Å². The number of nitrogens with one attached hydrogen (secondary N) is 1. The van der Waals surface area contributed by atoms with Crippen LogP contribution in [0.3, 0.4) is 0 Å². The highest BCUT2D eigenvalue weighted by Gasteiger charge is 2.16. The van der Waals surface area contributed by atoms with Crippen LogP contribution in [0.15, 0.2) is 65.2 Å². The molecule has 0 radical (unpaired) electrons. The third kappa shape index (κ3) is 5.93. The minimum absolute atomic E-state index is 0.0232. The number of nitrogens with zero attached hydrogens (tertiary/aromatic N) is 2. The lowest BCUT2D eigenvalue weighted by molar-refractivity contribution is -0.122. The molecule has 6 nitrogen and oxygen atoms in total. The second-order valence-electron chi connectivity index (χ2n) is 7.14. The Balaban J connectivity index is 1.57. The largest absolute Gasteiger partial charge is 0.497 e. The Bertz CT molecular complexity index is 905. The van der Waals surface area contributed by atoms with E-state index in [1.807, 2.05) is 68.7 Å². The van der Waals surface area contributed by atoms with Gasteiger partial charge in [0.25, 0.3) is 0 Å². The van der Waals surface area contributed by atoms with Gasteiger partial charge in [-0.1, -0.05) is 30.3 Å². The van der Waals surface area contributed by atoms with Crippen LogP contribution < -0.4 is 10.1 Å². The van der Waals surface area contributed by atoms with Gasteiger partial charge in [-0.15, -0.1) is 0 Å². The monoisotopic (exact) mass is 393 g/mol. The Morgan fingerprint density at radius 2 is 1.86 bits per heavy atom. The van der Waals surface area contributed by atoms with Gasteiger partial charge in [0, 0.05) is 24.9 Å². The molecule has 0 aliphatic heterocycles. The van der Waals surface area contributed by atoms with E-state index in [4.69, 9.17) is 9.15 Å². The zero-order valence-electron chi connectivity index (χ0n) is 17.1. The highest BCUT2D eigenvalue weighted by Crippen LogP contribution is 2.23. The third-order valence-corrected chi connectivity index (χ3v) is 4.58. The van der Waals surface area contributed by atoms with Crippen LogP contribution in [0.1, 0.15) is 23.9 Å². The molecular weight excluding hydrogens is 366 g/mol. The standard InChI is InChI=1S/C23H27N3O3/c1-26(2)16-20(17-7-5-4-6-8-17)25-22(27)13-14-23-24-15-21(29-23)18-9-11-19(28-3)12-10-18/h4-12,15,20H,13-14,16H2,1-3H3,(H,25,27). The van der Waals surface area contributed by atoms with Gasteiger partial charge in [-0.3, -0.25) is 4.79 Å². The van der Waals surface area contributed by atoms with Gasteiger partial charge >= 0.3 is 0 Å². The molecule has 152 valence electrons. The minimum atomic E-state index is -0.0573. The molecule has 3 aromatic rings. The number of aromatic nitrogens is 1. The Morgan fingerprint density at radius 1 is 1.14 bits per heavy atom. The molecule has 0 saturated carbocycles. The zero-order valence-corrected chi connectivity index (χ0v) is 17.1. The topological polar surface area (TPSA) is 67.6 Å². The van der Waals surface area contributed by atoms with E-state index >= 15 is 0 Å². The molecule has 1 aromatic heterocycles. The van der Waals surface area contributed by atoms with Crippen molar-refractivity contribution in [1.82, 2.24) is 15.2 Å². The number of likely N-dealkylation sites (N-methyl/N-ethyl adjacent to an activating group) is 1. The maximum atomic E-state index is 12.5. The summed E-state index contributed by atoms with van der Waals surface area (Å²) in [7, 11) is 5.62. The van der Waals surface area contributed by atoms with Crippen LogP contribution in [0.2, 0.25) is 0 Å². The van der Waals surface area contributed by atoms with Crippen LogP contribution in [-0.2, 0) is 11.2 Å². The summed E-state index contributed by atoms with van der Waals surface area (Å²) in [6.07, 6.45) is 2.46. The SMILES string of the molecule is COc1ccc(-c2cnc(CCC(=O)NC(CN(C)C)c3ccccc3)o2)cc1. The first-order chi connectivity index (χ1) is 14.0. The summed E-state index contributed by atoms with van der Waals surface area (Å²) in [5.74, 6) is 1.99. The number of hydrogen-bond donors (Lipinski definition) is 1. The number of oxazole rings is 1. The Morgan fingerprint density at radius 3 is 2.52 bits per heavy atom. The molecule has 29 heavy (non-hydrogen) atoms. The molecule has 6 heteroatoms. The van der Waals surface area contributed by atoms with Gasteiger partial charge < -0.3 is 19.4 Å². The lowest BCUT2D eigenvalue weighted by atomic mass is 10.1. The van der Waals surface area contributed by atoms with Gasteiger partial charge in [0.15, 0.2) is 11.7 Å². The van der Waals surface area contributed by atoms with Crippen LogP contribution in [0, 0.1) is 0 Å². The van der Waals surface area contributed by atoms with Gasteiger partial charge in [-0.25, -0.2) is 4.98 Å². The second kappa shape index (κ2) is 9.89. The number of carbonyl (C=O) groups is 1. The molecular formula is C23H27N3O3. The van der Waals surface area contributed by atoms with Crippen molar-refractivity contribution in [3.05, 3.63) is 72.2 Å². The molecule has 0 spiro atoms. The van der Waals surface area contributed by atoms with E-state index in [-0.39, 0.29) is 11.9 Å². The Kier molecular flexibility index (Phi) is 7.03. The van der Waals surface area contributed by atoms with Crippen molar-refractivity contribution < 1.29 is 13.9 Å². The molecule has 3 rings (SSSR count). The molecule has 0 fully saturated rings. The molecule has 1 unspecified atom stereocenters. The fourth-order valence-electron chi connectivity index (χ4n) is 3.09. The Hall–Kier alpha value is -3.12. The third-order valence-electron chi connectivity index (χ3n) is 4.58. The highest BCUT2D eigenvalue weighted by atomic mass is 16.5. The number of ether oxygens (including phenoxy) is 1. The van der Waals surface area contributed by atoms with Crippen LogP contribution in [0.4, 0.5) is 0 Å². The molecule has 1 heterocycles. The average Bonchev–Trinajstić information content (AvgIpc) is 3.21. The maximum Gasteiger partial charge on any atom is 0.221 e. The predicted molar refractivity (Wildman–Crippen MR) is 113 cm³/mol. The van der Waals surface area contributed by atoms with Gasteiger partial charge in [0.2, 0.25) is 5.91 Å². The maximum absolute atomic E-state index is 12.5. The number of rotatable bonds is 9. The smallest absolute Gasteiger partial charge is 0.221 e. The number of hydrogen-bond acceptors (Lipinski definition) is 5. The van der Waals surface area contributed by atoms with Crippen molar-refractivity contribution in [2.45, 2.75) is 18.9 Å². The summed E-state index contributed by atoms with van der Waals surface area (Å²) >= 11 is 0. The molecule has 1 N–H and O–H groups in total. The summed E-state index contributed by atoms with van der Waals surface area (Å²) < 4.78 is 11.0. The normalized spacial score (nSPS) is 12.0. The summed E-state index contributed by atoms with van der Waals surface area (Å²) in [4.78, 5) is 18.9. The Labute approximate surface area is 171 Å². The van der Waals surface area contributed by atoms with Gasteiger partial charge in [-0.05, 0) is 43.9 Å². The first-order valence-corrected chi connectivity index (χ1v) is 9.63. The number of aryl methyl sites for hydroxylation is 1. The molecule has 0 aliphatic rings. The van der Waals surface area contributed by atoms with Crippen LogP contribution in [0.25, 0.3) is 11.3 Å². The highest BCUT2D eigenvalue weighted by molar-refractivity contribution is 5.76. The molecule has 1 amide bonds. The van der Waals surface area contributed by atoms with Gasteiger partial charge in [0.05, 0.1) is 19.3 Å². The van der Waals surface area contributed by atoms with Gasteiger partial charge in [-0.2, -0.15) is 0 Å². The van der Waals surface area contributed by atoms with Crippen molar-refractivity contribution >= 4 is 5.91 Å².